The minimum Gasteiger partial charge on any atom is -0.480 e. The zero-order valence-corrected chi connectivity index (χ0v) is 11.5. The van der Waals surface area contributed by atoms with Crippen LogP contribution in [0.2, 0.25) is 0 Å². The van der Waals surface area contributed by atoms with E-state index in [9.17, 15) is 9.59 Å². The number of hydrogen-bond acceptors (Lipinski definition) is 3. The van der Waals surface area contributed by atoms with Gasteiger partial charge in [0.25, 0.3) is 0 Å². The van der Waals surface area contributed by atoms with E-state index in [-0.39, 0.29) is 5.91 Å². The lowest BCUT2D eigenvalue weighted by Crippen LogP contribution is -2.46. The summed E-state index contributed by atoms with van der Waals surface area (Å²) in [4.78, 5) is 23.7. The molecule has 1 amide bonds. The third kappa shape index (κ3) is 4.07. The number of aliphatic carboxylic acids is 1. The predicted molar refractivity (Wildman–Crippen MR) is 71.6 cm³/mol. The van der Waals surface area contributed by atoms with Crippen molar-refractivity contribution in [1.29, 1.82) is 0 Å². The van der Waals surface area contributed by atoms with Crippen LogP contribution in [0.1, 0.15) is 20.8 Å². The first-order chi connectivity index (χ1) is 8.33. The summed E-state index contributed by atoms with van der Waals surface area (Å²) in [6.45, 7) is 4.99. The second-order valence-corrected chi connectivity index (χ2v) is 6.15. The summed E-state index contributed by atoms with van der Waals surface area (Å²) >= 11 is 1.40. The molecule has 5 heteroatoms. The number of thioether (sulfide) groups is 1. The quantitative estimate of drug-likeness (QED) is 0.802. The maximum atomic E-state index is 12.0. The van der Waals surface area contributed by atoms with Crippen LogP contribution in [0.4, 0.5) is 0 Å². The zero-order chi connectivity index (χ0) is 13.8. The molecule has 0 fully saturated rings. The SMILES string of the molecule is CC(NC(=O)C(C)(C)Sc1ccccc1)C(=O)O. The number of carbonyl (C=O) groups is 2. The second-order valence-electron chi connectivity index (χ2n) is 4.46. The molecule has 4 nitrogen and oxygen atoms in total. The highest BCUT2D eigenvalue weighted by molar-refractivity contribution is 8.01. The highest BCUT2D eigenvalue weighted by atomic mass is 32.2. The molecule has 98 valence electrons. The number of carbonyl (C=O) groups excluding carboxylic acids is 1. The van der Waals surface area contributed by atoms with E-state index in [4.69, 9.17) is 5.11 Å². The topological polar surface area (TPSA) is 66.4 Å². The van der Waals surface area contributed by atoms with Crippen LogP contribution in [0.3, 0.4) is 0 Å². The number of benzene rings is 1. The van der Waals surface area contributed by atoms with E-state index in [0.29, 0.717) is 0 Å². The van der Waals surface area contributed by atoms with Crippen LogP contribution in [-0.2, 0) is 9.59 Å². The van der Waals surface area contributed by atoms with E-state index in [1.54, 1.807) is 13.8 Å². The summed E-state index contributed by atoms with van der Waals surface area (Å²) in [6.07, 6.45) is 0. The van der Waals surface area contributed by atoms with Crippen LogP contribution in [-0.4, -0.2) is 27.8 Å². The highest BCUT2D eigenvalue weighted by Gasteiger charge is 2.30. The number of hydrogen-bond donors (Lipinski definition) is 2. The molecule has 0 spiro atoms. The molecule has 2 N–H and O–H groups in total. The lowest BCUT2D eigenvalue weighted by Gasteiger charge is -2.24. The van der Waals surface area contributed by atoms with Crippen molar-refractivity contribution in [1.82, 2.24) is 5.32 Å². The van der Waals surface area contributed by atoms with E-state index in [1.807, 2.05) is 30.3 Å². The molecular formula is C13H17NO3S. The average molecular weight is 267 g/mol. The van der Waals surface area contributed by atoms with Gasteiger partial charge in [0.2, 0.25) is 5.91 Å². The number of carboxylic acids is 1. The van der Waals surface area contributed by atoms with Crippen molar-refractivity contribution in [2.24, 2.45) is 0 Å². The average Bonchev–Trinajstić information content (AvgIpc) is 2.29. The molecule has 0 heterocycles. The van der Waals surface area contributed by atoms with Gasteiger partial charge in [-0.1, -0.05) is 18.2 Å². The van der Waals surface area contributed by atoms with Crippen molar-refractivity contribution in [2.75, 3.05) is 0 Å². The molecule has 0 aliphatic carbocycles. The minimum atomic E-state index is -1.04. The maximum absolute atomic E-state index is 12.0. The molecule has 1 rings (SSSR count). The van der Waals surface area contributed by atoms with Crippen LogP contribution in [0.15, 0.2) is 35.2 Å². The third-order valence-electron chi connectivity index (χ3n) is 2.38. The summed E-state index contributed by atoms with van der Waals surface area (Å²) in [6, 6.07) is 8.66. The molecule has 0 bridgehead atoms. The van der Waals surface area contributed by atoms with Gasteiger partial charge in [0.05, 0.1) is 4.75 Å². The molecular weight excluding hydrogens is 250 g/mol. The van der Waals surface area contributed by atoms with Gasteiger partial charge in [0.1, 0.15) is 6.04 Å². The molecule has 0 aliphatic heterocycles. The molecule has 0 saturated carbocycles. The second kappa shape index (κ2) is 5.91. The normalized spacial score (nSPS) is 12.8. The lowest BCUT2D eigenvalue weighted by molar-refractivity contribution is -0.141. The standard InChI is InChI=1S/C13H17NO3S/c1-9(11(15)16)14-12(17)13(2,3)18-10-7-5-4-6-8-10/h4-9H,1-3H3,(H,14,17)(H,15,16). The van der Waals surface area contributed by atoms with Crippen LogP contribution < -0.4 is 5.32 Å². The summed E-state index contributed by atoms with van der Waals surface area (Å²) in [5.41, 5.74) is 0. The Kier molecular flexibility index (Phi) is 4.78. The van der Waals surface area contributed by atoms with Gasteiger partial charge in [-0.25, -0.2) is 0 Å². The Balaban J connectivity index is 2.68. The van der Waals surface area contributed by atoms with Crippen molar-refractivity contribution >= 4 is 23.6 Å². The van der Waals surface area contributed by atoms with E-state index in [2.05, 4.69) is 5.32 Å². The fourth-order valence-electron chi connectivity index (χ4n) is 1.26. The predicted octanol–water partition coefficient (Wildman–Crippen LogP) is 2.15. The van der Waals surface area contributed by atoms with Crippen LogP contribution in [0, 0.1) is 0 Å². The van der Waals surface area contributed by atoms with E-state index in [0.717, 1.165) is 4.90 Å². The van der Waals surface area contributed by atoms with Crippen LogP contribution in [0.5, 0.6) is 0 Å². The Morgan fingerprint density at radius 3 is 2.33 bits per heavy atom. The Bertz CT molecular complexity index is 431. The zero-order valence-electron chi connectivity index (χ0n) is 10.6. The van der Waals surface area contributed by atoms with Crippen molar-refractivity contribution in [3.05, 3.63) is 30.3 Å². The van der Waals surface area contributed by atoms with Gasteiger partial charge in [-0.3, -0.25) is 9.59 Å². The fourth-order valence-corrected chi connectivity index (χ4v) is 2.30. The highest BCUT2D eigenvalue weighted by Crippen LogP contribution is 2.32. The molecule has 1 atom stereocenters. The molecule has 0 aliphatic rings. The van der Waals surface area contributed by atoms with Gasteiger partial charge < -0.3 is 10.4 Å². The van der Waals surface area contributed by atoms with Gasteiger partial charge in [-0.2, -0.15) is 0 Å². The first-order valence-corrected chi connectivity index (χ1v) is 6.42. The van der Waals surface area contributed by atoms with Crippen molar-refractivity contribution in [2.45, 2.75) is 36.5 Å². The smallest absolute Gasteiger partial charge is 0.325 e. The maximum Gasteiger partial charge on any atom is 0.325 e. The minimum absolute atomic E-state index is 0.286. The van der Waals surface area contributed by atoms with Crippen molar-refractivity contribution in [3.8, 4) is 0 Å². The van der Waals surface area contributed by atoms with E-state index >= 15 is 0 Å². The molecule has 1 aromatic rings. The van der Waals surface area contributed by atoms with Crippen LogP contribution >= 0.6 is 11.8 Å². The summed E-state index contributed by atoms with van der Waals surface area (Å²) < 4.78 is -0.717. The molecule has 18 heavy (non-hydrogen) atoms. The first-order valence-electron chi connectivity index (χ1n) is 5.61. The Labute approximate surface area is 111 Å². The van der Waals surface area contributed by atoms with Crippen LogP contribution in [0.25, 0.3) is 0 Å². The number of amides is 1. The van der Waals surface area contributed by atoms with Gasteiger partial charge in [0, 0.05) is 4.90 Å². The van der Waals surface area contributed by atoms with Gasteiger partial charge in [0.15, 0.2) is 0 Å². The fraction of sp³-hybridized carbons (Fsp3) is 0.385. The number of nitrogens with one attached hydrogen (secondary N) is 1. The lowest BCUT2D eigenvalue weighted by atomic mass is 10.2. The van der Waals surface area contributed by atoms with Gasteiger partial charge >= 0.3 is 5.97 Å². The number of carboxylic acid groups (broad SMARTS) is 1. The Morgan fingerprint density at radius 1 is 1.28 bits per heavy atom. The summed E-state index contributed by atoms with van der Waals surface area (Å²) in [7, 11) is 0. The van der Waals surface area contributed by atoms with Crippen molar-refractivity contribution < 1.29 is 14.7 Å². The molecule has 0 saturated heterocycles. The summed E-state index contributed by atoms with van der Waals surface area (Å²) in [5.74, 6) is -1.32. The van der Waals surface area contributed by atoms with Gasteiger partial charge in [-0.15, -0.1) is 11.8 Å². The van der Waals surface area contributed by atoms with E-state index < -0.39 is 16.8 Å². The molecule has 0 radical (unpaired) electrons. The van der Waals surface area contributed by atoms with Crippen molar-refractivity contribution in [3.63, 3.8) is 0 Å². The monoisotopic (exact) mass is 267 g/mol. The number of rotatable bonds is 5. The Hall–Kier alpha value is -1.49. The van der Waals surface area contributed by atoms with Gasteiger partial charge in [-0.05, 0) is 32.9 Å². The largest absolute Gasteiger partial charge is 0.480 e. The van der Waals surface area contributed by atoms with E-state index in [1.165, 1.54) is 18.7 Å². The molecule has 0 aromatic heterocycles. The first kappa shape index (κ1) is 14.6. The molecule has 1 aromatic carbocycles. The summed E-state index contributed by atoms with van der Waals surface area (Å²) in [5, 5.41) is 11.2. The Morgan fingerprint density at radius 2 is 1.83 bits per heavy atom. The molecule has 1 unspecified atom stereocenters. The third-order valence-corrected chi connectivity index (χ3v) is 3.58.